The Kier molecular flexibility index (Phi) is 4.90. The number of carbonyl (C=O) groups excluding carboxylic acids is 1. The predicted octanol–water partition coefficient (Wildman–Crippen LogP) is 2.71. The normalized spacial score (nSPS) is 20.8. The lowest BCUT2D eigenvalue weighted by Crippen LogP contribution is -2.35. The van der Waals surface area contributed by atoms with Gasteiger partial charge in [0.15, 0.2) is 9.84 Å². The summed E-state index contributed by atoms with van der Waals surface area (Å²) in [6.07, 6.45) is 1.68. The smallest absolute Gasteiger partial charge is 0.220 e. The topological polar surface area (TPSA) is 63.2 Å². The molecule has 128 valence electrons. The van der Waals surface area contributed by atoms with Crippen LogP contribution >= 0.6 is 0 Å². The molecule has 2 atom stereocenters. The van der Waals surface area contributed by atoms with E-state index in [0.29, 0.717) is 12.8 Å². The van der Waals surface area contributed by atoms with Crippen LogP contribution in [0.2, 0.25) is 0 Å². The van der Waals surface area contributed by atoms with Crippen LogP contribution in [0.3, 0.4) is 0 Å². The van der Waals surface area contributed by atoms with Crippen molar-refractivity contribution in [3.63, 3.8) is 0 Å². The van der Waals surface area contributed by atoms with Gasteiger partial charge >= 0.3 is 0 Å². The molecule has 0 saturated carbocycles. The van der Waals surface area contributed by atoms with Gasteiger partial charge in [0, 0.05) is 12.5 Å². The van der Waals surface area contributed by atoms with Gasteiger partial charge in [-0.1, -0.05) is 42.5 Å². The quantitative estimate of drug-likeness (QED) is 0.906. The fraction of sp³-hybridized carbons (Fsp3) is 0.421. The molecule has 2 aromatic rings. The van der Waals surface area contributed by atoms with Gasteiger partial charge in [-0.3, -0.25) is 4.79 Å². The minimum atomic E-state index is -2.92. The van der Waals surface area contributed by atoms with Crippen molar-refractivity contribution in [2.45, 2.75) is 32.2 Å². The molecule has 0 unspecified atom stereocenters. The first-order chi connectivity index (χ1) is 11.4. The molecule has 1 fully saturated rings. The minimum absolute atomic E-state index is 0.0247. The summed E-state index contributed by atoms with van der Waals surface area (Å²) in [4.78, 5) is 12.1. The maximum absolute atomic E-state index is 12.1. The zero-order chi connectivity index (χ0) is 17.2. The van der Waals surface area contributed by atoms with Crippen LogP contribution in [0.15, 0.2) is 42.5 Å². The van der Waals surface area contributed by atoms with Crippen LogP contribution in [0.1, 0.15) is 25.3 Å². The SMILES string of the molecule is C[C@H](Cc1ccc2ccccc2c1)NC(=O)C[C@@H]1CCS(=O)(=O)C1. The fourth-order valence-corrected chi connectivity index (χ4v) is 5.26. The van der Waals surface area contributed by atoms with Gasteiger partial charge in [0.25, 0.3) is 0 Å². The summed E-state index contributed by atoms with van der Waals surface area (Å²) in [6, 6.07) is 14.6. The maximum Gasteiger partial charge on any atom is 0.220 e. The number of rotatable bonds is 5. The largest absolute Gasteiger partial charge is 0.353 e. The van der Waals surface area contributed by atoms with Gasteiger partial charge in [0.2, 0.25) is 5.91 Å². The van der Waals surface area contributed by atoms with Crippen LogP contribution in [0, 0.1) is 5.92 Å². The van der Waals surface area contributed by atoms with E-state index in [0.717, 1.165) is 6.42 Å². The van der Waals surface area contributed by atoms with Crippen LogP contribution in [0.25, 0.3) is 10.8 Å². The molecule has 1 N–H and O–H groups in total. The van der Waals surface area contributed by atoms with Gasteiger partial charge in [-0.15, -0.1) is 0 Å². The first kappa shape index (κ1) is 17.0. The zero-order valence-corrected chi connectivity index (χ0v) is 14.7. The third kappa shape index (κ3) is 4.35. The molecule has 0 aromatic heterocycles. The van der Waals surface area contributed by atoms with Crippen molar-refractivity contribution in [1.82, 2.24) is 5.32 Å². The number of sulfone groups is 1. The summed E-state index contributed by atoms with van der Waals surface area (Å²) in [6.45, 7) is 1.98. The second-order valence-corrected chi connectivity index (χ2v) is 9.06. The summed E-state index contributed by atoms with van der Waals surface area (Å²) in [5, 5.41) is 5.40. The van der Waals surface area contributed by atoms with Gasteiger partial charge in [-0.2, -0.15) is 0 Å². The van der Waals surface area contributed by atoms with Crippen LogP contribution in [0.4, 0.5) is 0 Å². The number of carbonyl (C=O) groups is 1. The number of amides is 1. The maximum atomic E-state index is 12.1. The molecule has 4 nitrogen and oxygen atoms in total. The van der Waals surface area contributed by atoms with E-state index in [1.54, 1.807) is 0 Å². The van der Waals surface area contributed by atoms with E-state index < -0.39 is 9.84 Å². The van der Waals surface area contributed by atoms with Crippen LogP contribution < -0.4 is 5.32 Å². The molecule has 0 aliphatic carbocycles. The number of hydrogen-bond acceptors (Lipinski definition) is 3. The Morgan fingerprint density at radius 3 is 2.67 bits per heavy atom. The predicted molar refractivity (Wildman–Crippen MR) is 96.6 cm³/mol. The van der Waals surface area contributed by atoms with E-state index in [4.69, 9.17) is 0 Å². The fourth-order valence-electron chi connectivity index (χ4n) is 3.40. The van der Waals surface area contributed by atoms with E-state index in [1.165, 1.54) is 16.3 Å². The first-order valence-corrected chi connectivity index (χ1v) is 10.2. The Morgan fingerprint density at radius 2 is 1.96 bits per heavy atom. The Balaban J connectivity index is 1.54. The van der Waals surface area contributed by atoms with Gasteiger partial charge in [-0.05, 0) is 42.0 Å². The number of fused-ring (bicyclic) bond motifs is 1. The molecule has 0 spiro atoms. The van der Waals surface area contributed by atoms with E-state index in [1.807, 2.05) is 19.1 Å². The monoisotopic (exact) mass is 345 g/mol. The lowest BCUT2D eigenvalue weighted by molar-refractivity contribution is -0.122. The summed E-state index contributed by atoms with van der Waals surface area (Å²) in [5.74, 6) is 0.296. The van der Waals surface area contributed by atoms with Crippen molar-refractivity contribution in [1.29, 1.82) is 0 Å². The first-order valence-electron chi connectivity index (χ1n) is 8.39. The third-order valence-electron chi connectivity index (χ3n) is 4.56. The summed E-state index contributed by atoms with van der Waals surface area (Å²) >= 11 is 0. The molecule has 1 heterocycles. The number of hydrogen-bond donors (Lipinski definition) is 1. The average molecular weight is 345 g/mol. The van der Waals surface area contributed by atoms with Crippen LogP contribution in [-0.4, -0.2) is 31.9 Å². The van der Waals surface area contributed by atoms with Gasteiger partial charge in [0.05, 0.1) is 11.5 Å². The van der Waals surface area contributed by atoms with E-state index in [2.05, 4.69) is 35.6 Å². The minimum Gasteiger partial charge on any atom is -0.353 e. The Hall–Kier alpha value is -1.88. The number of nitrogens with one attached hydrogen (secondary N) is 1. The second-order valence-electron chi connectivity index (χ2n) is 6.83. The van der Waals surface area contributed by atoms with Crippen molar-refractivity contribution in [2.24, 2.45) is 5.92 Å². The molecule has 0 radical (unpaired) electrons. The molecule has 1 amide bonds. The van der Waals surface area contributed by atoms with E-state index >= 15 is 0 Å². The molecule has 24 heavy (non-hydrogen) atoms. The standard InChI is InChI=1S/C19H23NO3S/c1-14(20-19(21)12-16-8-9-24(22,23)13-16)10-15-6-7-17-4-2-3-5-18(17)11-15/h2-7,11,14,16H,8-10,12-13H2,1H3,(H,20,21)/t14-,16+/m1/s1. The lowest BCUT2D eigenvalue weighted by atomic mass is 10.0. The lowest BCUT2D eigenvalue weighted by Gasteiger charge is -2.16. The van der Waals surface area contributed by atoms with Gasteiger partial charge in [0.1, 0.15) is 0 Å². The van der Waals surface area contributed by atoms with Crippen LogP contribution in [0.5, 0.6) is 0 Å². The zero-order valence-electron chi connectivity index (χ0n) is 13.9. The van der Waals surface area contributed by atoms with Crippen molar-refractivity contribution in [2.75, 3.05) is 11.5 Å². The van der Waals surface area contributed by atoms with Crippen molar-refractivity contribution < 1.29 is 13.2 Å². The Morgan fingerprint density at radius 1 is 1.21 bits per heavy atom. The second kappa shape index (κ2) is 6.93. The summed E-state index contributed by atoms with van der Waals surface area (Å²) in [7, 11) is -2.92. The van der Waals surface area contributed by atoms with E-state index in [-0.39, 0.29) is 29.4 Å². The molecule has 3 rings (SSSR count). The highest BCUT2D eigenvalue weighted by molar-refractivity contribution is 7.91. The molecule has 0 bridgehead atoms. The number of benzene rings is 2. The molecular weight excluding hydrogens is 322 g/mol. The highest BCUT2D eigenvalue weighted by Gasteiger charge is 2.29. The molecular formula is C19H23NO3S. The van der Waals surface area contributed by atoms with Crippen LogP contribution in [-0.2, 0) is 21.1 Å². The molecule has 5 heteroatoms. The summed E-state index contributed by atoms with van der Waals surface area (Å²) in [5.41, 5.74) is 1.19. The molecule has 1 saturated heterocycles. The molecule has 2 aromatic carbocycles. The highest BCUT2D eigenvalue weighted by Crippen LogP contribution is 2.21. The van der Waals surface area contributed by atoms with Gasteiger partial charge in [-0.25, -0.2) is 8.42 Å². The van der Waals surface area contributed by atoms with Crippen molar-refractivity contribution >= 4 is 26.5 Å². The van der Waals surface area contributed by atoms with Gasteiger partial charge < -0.3 is 5.32 Å². The van der Waals surface area contributed by atoms with Crippen molar-refractivity contribution in [3.8, 4) is 0 Å². The third-order valence-corrected chi connectivity index (χ3v) is 6.40. The molecule has 1 aliphatic heterocycles. The van der Waals surface area contributed by atoms with Crippen molar-refractivity contribution in [3.05, 3.63) is 48.0 Å². The van der Waals surface area contributed by atoms with E-state index in [9.17, 15) is 13.2 Å². The summed E-state index contributed by atoms with van der Waals surface area (Å²) < 4.78 is 22.9. The Bertz CT molecular complexity index is 845. The molecule has 1 aliphatic rings. The average Bonchev–Trinajstić information content (AvgIpc) is 2.85. The highest BCUT2D eigenvalue weighted by atomic mass is 32.2. The Labute approximate surface area is 143 Å².